The summed E-state index contributed by atoms with van der Waals surface area (Å²) >= 11 is 0. The van der Waals surface area contributed by atoms with Crippen molar-refractivity contribution in [3.05, 3.63) is 65.2 Å². The molecule has 2 aromatic rings. The Morgan fingerprint density at radius 3 is 2.63 bits per heavy atom. The normalized spacial score (nSPS) is 10.2. The second kappa shape index (κ2) is 5.48. The zero-order chi connectivity index (χ0) is 13.8. The van der Waals surface area contributed by atoms with Gasteiger partial charge in [0.05, 0.1) is 0 Å². The minimum atomic E-state index is -0.619. The largest absolute Gasteiger partial charge is 0.381 e. The Morgan fingerprint density at radius 2 is 1.95 bits per heavy atom. The minimum absolute atomic E-state index is 0.135. The average Bonchev–Trinajstić information content (AvgIpc) is 2.37. The molecule has 0 radical (unpaired) electrons. The maximum atomic E-state index is 13.5. The van der Waals surface area contributed by atoms with Crippen LogP contribution in [0.4, 0.5) is 14.5 Å². The van der Waals surface area contributed by atoms with Gasteiger partial charge in [-0.2, -0.15) is 0 Å². The number of hydrogen-bond donors (Lipinski definition) is 2. The molecule has 3 N–H and O–H groups in total. The van der Waals surface area contributed by atoms with Gasteiger partial charge < -0.3 is 11.1 Å². The Labute approximate surface area is 109 Å². The van der Waals surface area contributed by atoms with Crippen molar-refractivity contribution in [2.45, 2.75) is 6.54 Å². The van der Waals surface area contributed by atoms with Crippen molar-refractivity contribution in [2.24, 2.45) is 5.73 Å². The van der Waals surface area contributed by atoms with E-state index in [0.29, 0.717) is 11.3 Å². The molecule has 0 unspecified atom stereocenters. The van der Waals surface area contributed by atoms with Crippen molar-refractivity contribution in [2.75, 3.05) is 5.32 Å². The molecule has 0 aromatic heterocycles. The molecular weight excluding hydrogens is 250 g/mol. The predicted octanol–water partition coefficient (Wildman–Crippen LogP) is 2.68. The molecule has 0 spiro atoms. The van der Waals surface area contributed by atoms with Gasteiger partial charge in [0.25, 0.3) is 0 Å². The Morgan fingerprint density at radius 1 is 1.16 bits per heavy atom. The molecule has 3 nitrogen and oxygen atoms in total. The maximum absolute atomic E-state index is 13.5. The van der Waals surface area contributed by atoms with Gasteiger partial charge in [-0.1, -0.05) is 6.07 Å². The number of amides is 1. The van der Waals surface area contributed by atoms with E-state index in [9.17, 15) is 13.6 Å². The van der Waals surface area contributed by atoms with Crippen LogP contribution in [0.5, 0.6) is 0 Å². The monoisotopic (exact) mass is 262 g/mol. The molecule has 0 aliphatic heterocycles. The Kier molecular flexibility index (Phi) is 3.75. The summed E-state index contributed by atoms with van der Waals surface area (Å²) in [5.41, 5.74) is 6.19. The second-order valence-corrected chi connectivity index (χ2v) is 4.03. The van der Waals surface area contributed by atoms with Crippen LogP contribution in [-0.2, 0) is 6.54 Å². The molecule has 98 valence electrons. The van der Waals surface area contributed by atoms with Gasteiger partial charge in [-0.3, -0.25) is 4.79 Å². The number of carbonyl (C=O) groups is 1. The predicted molar refractivity (Wildman–Crippen MR) is 68.6 cm³/mol. The fraction of sp³-hybridized carbons (Fsp3) is 0.0714. The van der Waals surface area contributed by atoms with Crippen LogP contribution in [0.3, 0.4) is 0 Å². The van der Waals surface area contributed by atoms with Crippen LogP contribution >= 0.6 is 0 Å². The van der Waals surface area contributed by atoms with Crippen molar-refractivity contribution < 1.29 is 13.6 Å². The van der Waals surface area contributed by atoms with Gasteiger partial charge in [-0.15, -0.1) is 0 Å². The molecule has 5 heteroatoms. The standard InChI is InChI=1S/C14H12F2N2O/c15-11-2-1-3-12(7-11)18-8-10-6-9(14(17)19)4-5-13(10)16/h1-7,18H,8H2,(H2,17,19). The minimum Gasteiger partial charge on any atom is -0.381 e. The van der Waals surface area contributed by atoms with Crippen molar-refractivity contribution >= 4 is 11.6 Å². The molecule has 0 heterocycles. The van der Waals surface area contributed by atoms with Gasteiger partial charge in [0.15, 0.2) is 0 Å². The first-order valence-corrected chi connectivity index (χ1v) is 5.64. The van der Waals surface area contributed by atoms with Crippen LogP contribution in [0.2, 0.25) is 0 Å². The molecule has 0 bridgehead atoms. The Bertz CT molecular complexity index is 614. The second-order valence-electron chi connectivity index (χ2n) is 4.03. The number of benzene rings is 2. The van der Waals surface area contributed by atoms with Crippen LogP contribution < -0.4 is 11.1 Å². The quantitative estimate of drug-likeness (QED) is 0.890. The lowest BCUT2D eigenvalue weighted by atomic mass is 10.1. The number of halogens is 2. The molecule has 2 aromatic carbocycles. The van der Waals surface area contributed by atoms with E-state index in [2.05, 4.69) is 5.32 Å². The summed E-state index contributed by atoms with van der Waals surface area (Å²) in [5.74, 6) is -1.45. The average molecular weight is 262 g/mol. The number of nitrogens with one attached hydrogen (secondary N) is 1. The van der Waals surface area contributed by atoms with E-state index >= 15 is 0 Å². The molecule has 1 amide bonds. The lowest BCUT2D eigenvalue weighted by Gasteiger charge is -2.08. The Balaban J connectivity index is 2.15. The summed E-state index contributed by atoms with van der Waals surface area (Å²) in [7, 11) is 0. The van der Waals surface area contributed by atoms with E-state index in [1.54, 1.807) is 12.1 Å². The summed E-state index contributed by atoms with van der Waals surface area (Å²) in [6.45, 7) is 0.135. The van der Waals surface area contributed by atoms with Crippen molar-refractivity contribution in [1.29, 1.82) is 0 Å². The zero-order valence-corrected chi connectivity index (χ0v) is 9.99. The third-order valence-corrected chi connectivity index (χ3v) is 2.64. The van der Waals surface area contributed by atoms with E-state index in [1.807, 2.05) is 0 Å². The summed E-state index contributed by atoms with van der Waals surface area (Å²) < 4.78 is 26.5. The van der Waals surface area contributed by atoms with Gasteiger partial charge >= 0.3 is 0 Å². The van der Waals surface area contributed by atoms with Crippen LogP contribution in [-0.4, -0.2) is 5.91 Å². The van der Waals surface area contributed by atoms with Gasteiger partial charge in [-0.05, 0) is 36.4 Å². The molecule has 0 fully saturated rings. The first kappa shape index (κ1) is 13.0. The molecule has 2 rings (SSSR count). The first-order chi connectivity index (χ1) is 9.06. The molecule has 0 atom stereocenters. The van der Waals surface area contributed by atoms with Crippen LogP contribution in [0, 0.1) is 11.6 Å². The number of hydrogen-bond acceptors (Lipinski definition) is 2. The summed E-state index contributed by atoms with van der Waals surface area (Å²) in [6, 6.07) is 9.72. The van der Waals surface area contributed by atoms with E-state index < -0.39 is 11.7 Å². The lowest BCUT2D eigenvalue weighted by molar-refractivity contribution is 0.1000. The number of anilines is 1. The molecular formula is C14H12F2N2O. The Hall–Kier alpha value is -2.43. The van der Waals surface area contributed by atoms with Gasteiger partial charge in [0.2, 0.25) is 5.91 Å². The van der Waals surface area contributed by atoms with Crippen molar-refractivity contribution in [3.8, 4) is 0 Å². The first-order valence-electron chi connectivity index (χ1n) is 5.64. The van der Waals surface area contributed by atoms with E-state index in [0.717, 1.165) is 0 Å². The SMILES string of the molecule is NC(=O)c1ccc(F)c(CNc2cccc(F)c2)c1. The van der Waals surface area contributed by atoms with E-state index in [1.165, 1.54) is 30.3 Å². The van der Waals surface area contributed by atoms with Gasteiger partial charge in [0.1, 0.15) is 11.6 Å². The van der Waals surface area contributed by atoms with Gasteiger partial charge in [0, 0.05) is 23.4 Å². The fourth-order valence-electron chi connectivity index (χ4n) is 1.66. The maximum Gasteiger partial charge on any atom is 0.248 e. The number of rotatable bonds is 4. The third-order valence-electron chi connectivity index (χ3n) is 2.64. The zero-order valence-electron chi connectivity index (χ0n) is 9.99. The smallest absolute Gasteiger partial charge is 0.248 e. The third kappa shape index (κ3) is 3.28. The van der Waals surface area contributed by atoms with Crippen molar-refractivity contribution in [3.63, 3.8) is 0 Å². The topological polar surface area (TPSA) is 55.1 Å². The van der Waals surface area contributed by atoms with Crippen molar-refractivity contribution in [1.82, 2.24) is 0 Å². The summed E-state index contributed by atoms with van der Waals surface area (Å²) in [6.07, 6.45) is 0. The highest BCUT2D eigenvalue weighted by molar-refractivity contribution is 5.92. The molecule has 0 aliphatic rings. The summed E-state index contributed by atoms with van der Waals surface area (Å²) in [4.78, 5) is 11.0. The highest BCUT2D eigenvalue weighted by Crippen LogP contribution is 2.14. The fourth-order valence-corrected chi connectivity index (χ4v) is 1.66. The number of carbonyl (C=O) groups excluding carboxylic acids is 1. The van der Waals surface area contributed by atoms with E-state index in [4.69, 9.17) is 5.73 Å². The molecule has 0 saturated heterocycles. The van der Waals surface area contributed by atoms with E-state index in [-0.39, 0.29) is 17.9 Å². The van der Waals surface area contributed by atoms with Crippen LogP contribution in [0.1, 0.15) is 15.9 Å². The van der Waals surface area contributed by atoms with Crippen LogP contribution in [0.15, 0.2) is 42.5 Å². The number of primary amides is 1. The highest BCUT2D eigenvalue weighted by atomic mass is 19.1. The molecule has 0 aliphatic carbocycles. The van der Waals surface area contributed by atoms with Crippen LogP contribution in [0.25, 0.3) is 0 Å². The molecule has 19 heavy (non-hydrogen) atoms. The highest BCUT2D eigenvalue weighted by Gasteiger charge is 2.07. The lowest BCUT2D eigenvalue weighted by Crippen LogP contribution is -2.12. The number of nitrogens with two attached hydrogens (primary N) is 1. The summed E-state index contributed by atoms with van der Waals surface area (Å²) in [5, 5.41) is 2.88. The molecule has 0 saturated carbocycles. The van der Waals surface area contributed by atoms with Gasteiger partial charge in [-0.25, -0.2) is 8.78 Å².